The molecule has 1 fully saturated rings. The molecule has 1 aromatic rings. The number of hydrogen-bond donors (Lipinski definition) is 0. The fourth-order valence-electron chi connectivity index (χ4n) is 1.19. The Hall–Kier alpha value is 0.143. The summed E-state index contributed by atoms with van der Waals surface area (Å²) in [6.07, 6.45) is 3.57. The third-order valence-corrected chi connectivity index (χ3v) is 4.79. The molecule has 0 unspecified atom stereocenters. The first kappa shape index (κ1) is 19.1. The van der Waals surface area contributed by atoms with Crippen molar-refractivity contribution >= 4 is 24.0 Å². The van der Waals surface area contributed by atoms with Crippen molar-refractivity contribution in [3.63, 3.8) is 0 Å². The van der Waals surface area contributed by atoms with E-state index < -0.39 is 13.5 Å². The molecule has 2 heterocycles. The molecule has 1 saturated heterocycles. The second-order valence-electron chi connectivity index (χ2n) is 4.01. The summed E-state index contributed by atoms with van der Waals surface area (Å²) in [7, 11) is 14.8. The molecule has 0 radical (unpaired) electrons. The Morgan fingerprint density at radius 1 is 1.21 bits per heavy atom. The monoisotopic (exact) mass is 392 g/mol. The number of hydrogen-bond acceptors (Lipinski definition) is 3. The summed E-state index contributed by atoms with van der Waals surface area (Å²) in [5.41, 5.74) is 1.26. The van der Waals surface area contributed by atoms with Crippen LogP contribution in [0.4, 0.5) is 0 Å². The van der Waals surface area contributed by atoms with E-state index in [9.17, 15) is 0 Å². The van der Waals surface area contributed by atoms with Crippen LogP contribution in [0.1, 0.15) is 12.5 Å². The molecule has 1 aliphatic rings. The minimum Gasteiger partial charge on any atom is -0.265 e. The molecule has 0 bridgehead atoms. The van der Waals surface area contributed by atoms with Crippen LogP contribution >= 0.6 is 19.4 Å². The SMILES string of the molecule is CN1[CH-]N(C)CC1.C[CH]=[Ru]([Cl])[Cl].Cc1ccncc1. The minimum atomic E-state index is -1.36. The van der Waals surface area contributed by atoms with Gasteiger partial charge in [-0.1, -0.05) is 0 Å². The van der Waals surface area contributed by atoms with E-state index in [0.717, 1.165) is 0 Å². The standard InChI is InChI=1S/C6H7N.C5H11N2.C2H4.2ClH.Ru/c1-6-2-4-7-5-3-6;1-6-3-4-7(2)5-6;1-2;;;/h2-5H,1H3;5H,3-4H2,1-2H3;1H,2H3;2*1H;/q;-1;;;;+2/p-2. The fraction of sp³-hybridized carbons (Fsp3) is 0.462. The summed E-state index contributed by atoms with van der Waals surface area (Å²) in [6.45, 7) is 8.38. The molecule has 0 amide bonds. The summed E-state index contributed by atoms with van der Waals surface area (Å²) in [4.78, 5) is 8.21. The average molecular weight is 392 g/mol. The Morgan fingerprint density at radius 2 is 1.63 bits per heavy atom. The summed E-state index contributed by atoms with van der Waals surface area (Å²) in [6, 6.07) is 3.94. The van der Waals surface area contributed by atoms with Crippen LogP contribution in [0.3, 0.4) is 0 Å². The first-order valence-corrected chi connectivity index (χ1v) is 11.3. The number of likely N-dealkylation sites (N-methyl/N-ethyl adjacent to an activating group) is 2. The third kappa shape index (κ3) is 12.9. The molecule has 19 heavy (non-hydrogen) atoms. The number of rotatable bonds is 0. The van der Waals surface area contributed by atoms with Crippen molar-refractivity contribution in [2.45, 2.75) is 13.8 Å². The van der Waals surface area contributed by atoms with Gasteiger partial charge in [-0.3, -0.25) is 4.98 Å². The van der Waals surface area contributed by atoms with Gasteiger partial charge in [-0.25, -0.2) is 6.67 Å². The minimum absolute atomic E-state index is 1.18. The Morgan fingerprint density at radius 3 is 1.79 bits per heavy atom. The third-order valence-electron chi connectivity index (χ3n) is 2.20. The molecular formula is C13H22Cl2N3Ru-. The first-order chi connectivity index (χ1) is 8.95. The predicted molar refractivity (Wildman–Crippen MR) is 82.0 cm³/mol. The second kappa shape index (κ2) is 11.9. The van der Waals surface area contributed by atoms with Gasteiger partial charge in [-0.15, -0.1) is 0 Å². The van der Waals surface area contributed by atoms with Gasteiger partial charge in [0.1, 0.15) is 0 Å². The predicted octanol–water partition coefficient (Wildman–Crippen LogP) is 3.11. The van der Waals surface area contributed by atoms with Gasteiger partial charge in [0.2, 0.25) is 0 Å². The molecule has 0 spiro atoms. The Kier molecular flexibility index (Phi) is 12.0. The van der Waals surface area contributed by atoms with E-state index in [1.165, 1.54) is 18.7 Å². The van der Waals surface area contributed by atoms with Crippen molar-refractivity contribution in [2.24, 2.45) is 0 Å². The molecule has 0 N–H and O–H groups in total. The van der Waals surface area contributed by atoms with Crippen molar-refractivity contribution in [1.82, 2.24) is 14.8 Å². The van der Waals surface area contributed by atoms with E-state index in [2.05, 4.69) is 35.5 Å². The van der Waals surface area contributed by atoms with Crippen molar-refractivity contribution in [1.29, 1.82) is 0 Å². The summed E-state index contributed by atoms with van der Waals surface area (Å²) < 4.78 is 1.84. The molecular weight excluding hydrogens is 370 g/mol. The maximum Gasteiger partial charge on any atom is 0.0270 e. The van der Waals surface area contributed by atoms with Crippen LogP contribution in [-0.2, 0) is 13.5 Å². The van der Waals surface area contributed by atoms with Gasteiger partial charge in [0.25, 0.3) is 0 Å². The summed E-state index contributed by atoms with van der Waals surface area (Å²) in [5.74, 6) is 0. The molecule has 0 atom stereocenters. The summed E-state index contributed by atoms with van der Waals surface area (Å²) in [5, 5.41) is 0. The topological polar surface area (TPSA) is 19.4 Å². The van der Waals surface area contributed by atoms with Gasteiger partial charge in [-0.05, 0) is 51.8 Å². The number of halogens is 2. The van der Waals surface area contributed by atoms with Crippen LogP contribution < -0.4 is 0 Å². The smallest absolute Gasteiger partial charge is 0.0270 e. The van der Waals surface area contributed by atoms with E-state index in [4.69, 9.17) is 19.4 Å². The van der Waals surface area contributed by atoms with Crippen LogP contribution in [0.15, 0.2) is 24.5 Å². The van der Waals surface area contributed by atoms with Crippen LogP contribution in [0.2, 0.25) is 0 Å². The van der Waals surface area contributed by atoms with Crippen molar-refractivity contribution in [3.05, 3.63) is 36.8 Å². The number of nitrogens with zero attached hydrogens (tertiary/aromatic N) is 3. The van der Waals surface area contributed by atoms with E-state index in [1.807, 2.05) is 30.6 Å². The second-order valence-corrected chi connectivity index (χ2v) is 10.2. The van der Waals surface area contributed by atoms with Gasteiger partial charge in [0.15, 0.2) is 0 Å². The van der Waals surface area contributed by atoms with Crippen molar-refractivity contribution < 1.29 is 13.5 Å². The molecule has 1 aromatic heterocycles. The van der Waals surface area contributed by atoms with E-state index in [0.29, 0.717) is 0 Å². The largest absolute Gasteiger partial charge is 0.265 e. The normalized spacial score (nSPS) is 15.8. The number of aryl methyl sites for hydroxylation is 1. The fourth-order valence-corrected chi connectivity index (χ4v) is 1.19. The van der Waals surface area contributed by atoms with E-state index in [1.54, 1.807) is 12.4 Å². The van der Waals surface area contributed by atoms with Crippen LogP contribution in [0, 0.1) is 13.6 Å². The zero-order valence-electron chi connectivity index (χ0n) is 11.8. The van der Waals surface area contributed by atoms with Gasteiger partial charge in [0.05, 0.1) is 0 Å². The van der Waals surface area contributed by atoms with Gasteiger partial charge in [0, 0.05) is 12.4 Å². The molecule has 112 valence electrons. The maximum absolute atomic E-state index is 5.32. The molecule has 2 rings (SSSR count). The zero-order chi connectivity index (χ0) is 14.7. The molecule has 0 aromatic carbocycles. The van der Waals surface area contributed by atoms with Crippen LogP contribution in [0.5, 0.6) is 0 Å². The van der Waals surface area contributed by atoms with Crippen LogP contribution in [0.25, 0.3) is 0 Å². The van der Waals surface area contributed by atoms with Crippen molar-refractivity contribution in [2.75, 3.05) is 27.2 Å². The summed E-state index contributed by atoms with van der Waals surface area (Å²) >= 11 is -1.36. The van der Waals surface area contributed by atoms with Gasteiger partial charge in [-0.2, -0.15) is 0 Å². The number of aromatic nitrogens is 1. The van der Waals surface area contributed by atoms with Gasteiger partial charge >= 0.3 is 44.4 Å². The zero-order valence-corrected chi connectivity index (χ0v) is 15.1. The van der Waals surface area contributed by atoms with Gasteiger partial charge < -0.3 is 9.80 Å². The Bertz CT molecular complexity index is 348. The first-order valence-electron chi connectivity index (χ1n) is 5.85. The maximum atomic E-state index is 5.32. The molecule has 0 saturated carbocycles. The average Bonchev–Trinajstić information content (AvgIpc) is 2.75. The quantitative estimate of drug-likeness (QED) is 0.500. The van der Waals surface area contributed by atoms with Crippen molar-refractivity contribution in [3.8, 4) is 0 Å². The van der Waals surface area contributed by atoms with E-state index >= 15 is 0 Å². The van der Waals surface area contributed by atoms with E-state index in [-0.39, 0.29) is 0 Å². The molecule has 1 aliphatic heterocycles. The molecule has 6 heteroatoms. The number of pyridine rings is 1. The molecule has 0 aliphatic carbocycles. The molecule has 3 nitrogen and oxygen atoms in total. The van der Waals surface area contributed by atoms with Crippen LogP contribution in [-0.4, -0.2) is 46.6 Å². The Balaban J connectivity index is 0.000000261. The Labute approximate surface area is 130 Å².